The summed E-state index contributed by atoms with van der Waals surface area (Å²) in [4.78, 5) is 4.44. The minimum atomic E-state index is 0.617. The highest BCUT2D eigenvalue weighted by molar-refractivity contribution is 5.61. The van der Waals surface area contributed by atoms with Gasteiger partial charge in [-0.1, -0.05) is 6.92 Å². The topological polar surface area (TPSA) is 45.9 Å². The third-order valence-corrected chi connectivity index (χ3v) is 2.83. The zero-order valence-corrected chi connectivity index (χ0v) is 11.2. The number of benzene rings is 1. The van der Waals surface area contributed by atoms with E-state index >= 15 is 0 Å². The van der Waals surface area contributed by atoms with Crippen molar-refractivity contribution in [3.63, 3.8) is 0 Å². The molecule has 0 aliphatic carbocycles. The van der Waals surface area contributed by atoms with Gasteiger partial charge in [-0.25, -0.2) is 0 Å². The Morgan fingerprint density at radius 1 is 1.16 bits per heavy atom. The number of hydrogen-bond acceptors (Lipinski definition) is 3. The van der Waals surface area contributed by atoms with E-state index in [1.165, 1.54) is 0 Å². The molecule has 0 spiro atoms. The minimum absolute atomic E-state index is 0.617. The molecule has 0 unspecified atom stereocenters. The van der Waals surface area contributed by atoms with Crippen LogP contribution in [0.4, 0.5) is 0 Å². The van der Waals surface area contributed by atoms with Gasteiger partial charge in [0.2, 0.25) is 0 Å². The first-order chi connectivity index (χ1) is 9.24. The van der Waals surface area contributed by atoms with Gasteiger partial charge in [0.15, 0.2) is 0 Å². The molecule has 19 heavy (non-hydrogen) atoms. The first kappa shape index (κ1) is 13.1. The van der Waals surface area contributed by atoms with Crippen LogP contribution in [0.5, 0.6) is 5.75 Å². The molecule has 0 bridgehead atoms. The Hall–Kier alpha value is -2.34. The van der Waals surface area contributed by atoms with Gasteiger partial charge in [-0.3, -0.25) is 4.98 Å². The van der Waals surface area contributed by atoms with Crippen molar-refractivity contribution in [2.45, 2.75) is 20.3 Å². The van der Waals surface area contributed by atoms with Crippen LogP contribution in [0.1, 0.15) is 24.6 Å². The number of ether oxygens (including phenoxy) is 1. The van der Waals surface area contributed by atoms with E-state index in [0.29, 0.717) is 5.56 Å². The van der Waals surface area contributed by atoms with Crippen molar-refractivity contribution >= 4 is 0 Å². The third-order valence-electron chi connectivity index (χ3n) is 2.83. The summed E-state index contributed by atoms with van der Waals surface area (Å²) in [5, 5.41) is 8.89. The second kappa shape index (κ2) is 6.01. The van der Waals surface area contributed by atoms with Crippen molar-refractivity contribution in [1.82, 2.24) is 4.98 Å². The fourth-order valence-corrected chi connectivity index (χ4v) is 1.78. The lowest BCUT2D eigenvalue weighted by molar-refractivity contribution is 0.317. The van der Waals surface area contributed by atoms with Crippen molar-refractivity contribution in [2.75, 3.05) is 6.61 Å². The summed E-state index contributed by atoms with van der Waals surface area (Å²) < 4.78 is 5.54. The lowest BCUT2D eigenvalue weighted by Gasteiger charge is -2.06. The van der Waals surface area contributed by atoms with Gasteiger partial charge in [0.05, 0.1) is 23.6 Å². The van der Waals surface area contributed by atoms with Crippen molar-refractivity contribution in [3.05, 3.63) is 47.7 Å². The smallest absolute Gasteiger partial charge is 0.119 e. The lowest BCUT2D eigenvalue weighted by atomic mass is 10.1. The van der Waals surface area contributed by atoms with Gasteiger partial charge in [-0.2, -0.15) is 5.26 Å². The molecule has 1 aromatic carbocycles. The van der Waals surface area contributed by atoms with Gasteiger partial charge >= 0.3 is 0 Å². The molecule has 2 rings (SSSR count). The molecule has 3 nitrogen and oxygen atoms in total. The molecule has 0 amide bonds. The first-order valence-corrected chi connectivity index (χ1v) is 6.35. The van der Waals surface area contributed by atoms with Crippen LogP contribution in [-0.2, 0) is 0 Å². The van der Waals surface area contributed by atoms with Crippen LogP contribution in [0.25, 0.3) is 11.3 Å². The quantitative estimate of drug-likeness (QED) is 0.833. The number of aryl methyl sites for hydroxylation is 1. The average Bonchev–Trinajstić information content (AvgIpc) is 2.45. The van der Waals surface area contributed by atoms with Crippen LogP contribution in [0.15, 0.2) is 36.4 Å². The molecule has 0 aliphatic heterocycles. The molecule has 1 aromatic heterocycles. The molecule has 96 valence electrons. The molecule has 0 fully saturated rings. The second-order valence-electron chi connectivity index (χ2n) is 4.31. The Morgan fingerprint density at radius 2 is 1.89 bits per heavy atom. The van der Waals surface area contributed by atoms with Crippen LogP contribution < -0.4 is 4.74 Å². The summed E-state index contributed by atoms with van der Waals surface area (Å²) in [7, 11) is 0. The summed E-state index contributed by atoms with van der Waals surface area (Å²) in [6.07, 6.45) is 0.998. The standard InChI is InChI=1S/C16H16N2O/c1-3-10-19-15-7-4-13(5-8-15)16-9-6-14(11-17)12(2)18-16/h4-9H,3,10H2,1-2H3. The molecular formula is C16H16N2O. The van der Waals surface area contributed by atoms with E-state index in [0.717, 1.165) is 35.7 Å². The molecule has 2 aromatic rings. The van der Waals surface area contributed by atoms with E-state index in [-0.39, 0.29) is 0 Å². The summed E-state index contributed by atoms with van der Waals surface area (Å²) >= 11 is 0. The Kier molecular flexibility index (Phi) is 4.15. The lowest BCUT2D eigenvalue weighted by Crippen LogP contribution is -1.95. The fourth-order valence-electron chi connectivity index (χ4n) is 1.78. The predicted molar refractivity (Wildman–Crippen MR) is 74.9 cm³/mol. The number of rotatable bonds is 4. The van der Waals surface area contributed by atoms with Crippen LogP contribution in [0.3, 0.4) is 0 Å². The molecule has 0 aliphatic rings. The van der Waals surface area contributed by atoms with Crippen LogP contribution in [-0.4, -0.2) is 11.6 Å². The zero-order valence-electron chi connectivity index (χ0n) is 11.2. The van der Waals surface area contributed by atoms with Crippen molar-refractivity contribution in [3.8, 4) is 23.1 Å². The first-order valence-electron chi connectivity index (χ1n) is 6.35. The zero-order chi connectivity index (χ0) is 13.7. The van der Waals surface area contributed by atoms with Gasteiger partial charge in [-0.05, 0) is 49.7 Å². The molecule has 0 N–H and O–H groups in total. The van der Waals surface area contributed by atoms with Crippen LogP contribution >= 0.6 is 0 Å². The maximum Gasteiger partial charge on any atom is 0.119 e. The average molecular weight is 252 g/mol. The molecule has 0 radical (unpaired) electrons. The number of pyridine rings is 1. The molecule has 0 saturated heterocycles. The van der Waals surface area contributed by atoms with E-state index < -0.39 is 0 Å². The van der Waals surface area contributed by atoms with E-state index in [1.54, 1.807) is 6.07 Å². The van der Waals surface area contributed by atoms with Crippen LogP contribution in [0.2, 0.25) is 0 Å². The Labute approximate surface area is 113 Å². The molecular weight excluding hydrogens is 236 g/mol. The Bertz CT molecular complexity index is 597. The van der Waals surface area contributed by atoms with Crippen molar-refractivity contribution in [1.29, 1.82) is 5.26 Å². The summed E-state index contributed by atoms with van der Waals surface area (Å²) in [5.41, 5.74) is 3.27. The molecule has 0 atom stereocenters. The largest absolute Gasteiger partial charge is 0.494 e. The third kappa shape index (κ3) is 3.11. The molecule has 1 heterocycles. The number of hydrogen-bond donors (Lipinski definition) is 0. The van der Waals surface area contributed by atoms with Crippen LogP contribution in [0, 0.1) is 18.3 Å². The van der Waals surface area contributed by atoms with Gasteiger partial charge in [-0.15, -0.1) is 0 Å². The van der Waals surface area contributed by atoms with E-state index in [9.17, 15) is 0 Å². The summed E-state index contributed by atoms with van der Waals surface area (Å²) in [5.74, 6) is 0.871. The highest BCUT2D eigenvalue weighted by Gasteiger charge is 2.03. The SMILES string of the molecule is CCCOc1ccc(-c2ccc(C#N)c(C)n2)cc1. The highest BCUT2D eigenvalue weighted by Crippen LogP contribution is 2.22. The van der Waals surface area contributed by atoms with Gasteiger partial charge in [0, 0.05) is 5.56 Å². The minimum Gasteiger partial charge on any atom is -0.494 e. The van der Waals surface area contributed by atoms with E-state index in [4.69, 9.17) is 10.00 Å². The molecule has 0 saturated carbocycles. The van der Waals surface area contributed by atoms with Crippen molar-refractivity contribution < 1.29 is 4.74 Å². The van der Waals surface area contributed by atoms with Crippen molar-refractivity contribution in [2.24, 2.45) is 0 Å². The summed E-state index contributed by atoms with van der Waals surface area (Å²) in [6, 6.07) is 13.7. The van der Waals surface area contributed by atoms with E-state index in [2.05, 4.69) is 18.0 Å². The summed E-state index contributed by atoms with van der Waals surface area (Å²) in [6.45, 7) is 4.66. The van der Waals surface area contributed by atoms with Gasteiger partial charge in [0.1, 0.15) is 11.8 Å². The maximum atomic E-state index is 8.89. The number of aromatic nitrogens is 1. The highest BCUT2D eigenvalue weighted by atomic mass is 16.5. The number of nitrogens with zero attached hydrogens (tertiary/aromatic N) is 2. The monoisotopic (exact) mass is 252 g/mol. The van der Waals surface area contributed by atoms with Gasteiger partial charge in [0.25, 0.3) is 0 Å². The normalized spacial score (nSPS) is 9.95. The van der Waals surface area contributed by atoms with Gasteiger partial charge < -0.3 is 4.74 Å². The Morgan fingerprint density at radius 3 is 2.47 bits per heavy atom. The molecule has 3 heteroatoms. The predicted octanol–water partition coefficient (Wildman–Crippen LogP) is 3.72. The van der Waals surface area contributed by atoms with E-state index in [1.807, 2.05) is 37.3 Å². The maximum absolute atomic E-state index is 8.89. The second-order valence-corrected chi connectivity index (χ2v) is 4.31. The Balaban J connectivity index is 2.22. The number of nitriles is 1. The fraction of sp³-hybridized carbons (Fsp3) is 0.250.